The molecule has 0 rings (SSSR count). The third-order valence-electron chi connectivity index (χ3n) is 3.29. The molecule has 17 heavy (non-hydrogen) atoms. The summed E-state index contributed by atoms with van der Waals surface area (Å²) in [6, 6.07) is 1.31. The summed E-state index contributed by atoms with van der Waals surface area (Å²) in [5.74, 6) is 0. The molecule has 104 valence electrons. The Morgan fingerprint density at radius 1 is 1.12 bits per heavy atom. The van der Waals surface area contributed by atoms with Crippen LogP contribution in [0.1, 0.15) is 40.5 Å². The van der Waals surface area contributed by atoms with Gasteiger partial charge in [0.25, 0.3) is 0 Å². The molecule has 0 radical (unpaired) electrons. The van der Waals surface area contributed by atoms with Crippen LogP contribution in [0.25, 0.3) is 0 Å². The van der Waals surface area contributed by atoms with Crippen molar-refractivity contribution in [1.82, 2.24) is 15.1 Å². The highest BCUT2D eigenvalue weighted by molar-refractivity contribution is 4.69. The van der Waals surface area contributed by atoms with Crippen molar-refractivity contribution in [2.24, 2.45) is 0 Å². The molecule has 2 unspecified atom stereocenters. The molecule has 0 heterocycles. The van der Waals surface area contributed by atoms with Gasteiger partial charge in [-0.25, -0.2) is 0 Å². The summed E-state index contributed by atoms with van der Waals surface area (Å²) in [4.78, 5) is 4.85. The molecule has 0 saturated carbocycles. The minimum absolute atomic E-state index is 0.655. The molecule has 3 heteroatoms. The Balaban J connectivity index is 3.81. The van der Waals surface area contributed by atoms with Gasteiger partial charge in [0.1, 0.15) is 0 Å². The molecule has 2 atom stereocenters. The quantitative estimate of drug-likeness (QED) is 0.633. The molecule has 0 aliphatic rings. The average molecular weight is 243 g/mol. The van der Waals surface area contributed by atoms with Crippen LogP contribution in [0.4, 0.5) is 0 Å². The first kappa shape index (κ1) is 16.9. The second-order valence-corrected chi connectivity index (χ2v) is 5.34. The topological polar surface area (TPSA) is 18.5 Å². The number of hydrogen-bond acceptors (Lipinski definition) is 3. The zero-order chi connectivity index (χ0) is 13.3. The van der Waals surface area contributed by atoms with Gasteiger partial charge < -0.3 is 10.2 Å². The van der Waals surface area contributed by atoms with Crippen LogP contribution in [-0.2, 0) is 0 Å². The lowest BCUT2D eigenvalue weighted by Crippen LogP contribution is -2.40. The van der Waals surface area contributed by atoms with Crippen LogP contribution in [0.5, 0.6) is 0 Å². The van der Waals surface area contributed by atoms with Gasteiger partial charge in [0.15, 0.2) is 0 Å². The van der Waals surface area contributed by atoms with Gasteiger partial charge in [0.05, 0.1) is 0 Å². The van der Waals surface area contributed by atoms with Crippen LogP contribution in [0.3, 0.4) is 0 Å². The Bertz CT molecular complexity index is 171. The highest BCUT2D eigenvalue weighted by Gasteiger charge is 2.12. The Kier molecular flexibility index (Phi) is 9.79. The van der Waals surface area contributed by atoms with Crippen LogP contribution in [0, 0.1) is 0 Å². The molecule has 0 spiro atoms. The largest absolute Gasteiger partial charge is 0.315 e. The van der Waals surface area contributed by atoms with Crippen molar-refractivity contribution in [2.45, 2.75) is 52.6 Å². The Morgan fingerprint density at radius 2 is 1.76 bits per heavy atom. The zero-order valence-corrected chi connectivity index (χ0v) is 12.8. The minimum Gasteiger partial charge on any atom is -0.315 e. The van der Waals surface area contributed by atoms with Crippen LogP contribution < -0.4 is 5.32 Å². The number of hydrogen-bond donors (Lipinski definition) is 1. The SMILES string of the molecule is CCNC(C)CCCN(CC)C(C)CN(C)C. The Morgan fingerprint density at radius 3 is 2.24 bits per heavy atom. The second-order valence-electron chi connectivity index (χ2n) is 5.34. The van der Waals surface area contributed by atoms with E-state index in [9.17, 15) is 0 Å². The molecule has 0 aliphatic carbocycles. The van der Waals surface area contributed by atoms with E-state index in [1.165, 1.54) is 19.4 Å². The molecule has 0 aromatic heterocycles. The smallest absolute Gasteiger partial charge is 0.0194 e. The van der Waals surface area contributed by atoms with E-state index in [0.717, 1.165) is 19.6 Å². The van der Waals surface area contributed by atoms with Crippen molar-refractivity contribution in [3.8, 4) is 0 Å². The van der Waals surface area contributed by atoms with Gasteiger partial charge in [-0.15, -0.1) is 0 Å². The maximum absolute atomic E-state index is 3.47. The normalized spacial score (nSPS) is 15.5. The highest BCUT2D eigenvalue weighted by Crippen LogP contribution is 2.04. The van der Waals surface area contributed by atoms with Gasteiger partial charge in [-0.05, 0) is 60.4 Å². The standard InChI is InChI=1S/C14H33N3/c1-7-15-13(3)10-9-11-17(8-2)14(4)12-16(5)6/h13-15H,7-12H2,1-6H3. The number of nitrogens with zero attached hydrogens (tertiary/aromatic N) is 2. The van der Waals surface area contributed by atoms with Crippen molar-refractivity contribution >= 4 is 0 Å². The second kappa shape index (κ2) is 9.86. The van der Waals surface area contributed by atoms with E-state index in [2.05, 4.69) is 56.9 Å². The molecule has 1 N–H and O–H groups in total. The van der Waals surface area contributed by atoms with Gasteiger partial charge in [0, 0.05) is 18.6 Å². The molecule has 0 aromatic carbocycles. The van der Waals surface area contributed by atoms with E-state index in [1.54, 1.807) is 0 Å². The predicted molar refractivity (Wildman–Crippen MR) is 77.6 cm³/mol. The molecule has 0 fully saturated rings. The third-order valence-corrected chi connectivity index (χ3v) is 3.29. The van der Waals surface area contributed by atoms with Crippen molar-refractivity contribution < 1.29 is 0 Å². The van der Waals surface area contributed by atoms with Crippen LogP contribution in [-0.4, -0.2) is 62.2 Å². The van der Waals surface area contributed by atoms with Crippen molar-refractivity contribution in [3.05, 3.63) is 0 Å². The van der Waals surface area contributed by atoms with Crippen molar-refractivity contribution in [3.63, 3.8) is 0 Å². The molecule has 0 aliphatic heterocycles. The zero-order valence-electron chi connectivity index (χ0n) is 12.8. The van der Waals surface area contributed by atoms with Crippen molar-refractivity contribution in [2.75, 3.05) is 40.3 Å². The van der Waals surface area contributed by atoms with Gasteiger partial charge in [-0.1, -0.05) is 13.8 Å². The van der Waals surface area contributed by atoms with E-state index >= 15 is 0 Å². The summed E-state index contributed by atoms with van der Waals surface area (Å²) in [6.45, 7) is 13.7. The molecular formula is C14H33N3. The number of rotatable bonds is 10. The first-order valence-corrected chi connectivity index (χ1v) is 7.13. The molecular weight excluding hydrogens is 210 g/mol. The molecule has 0 saturated heterocycles. The fourth-order valence-corrected chi connectivity index (χ4v) is 2.39. The van der Waals surface area contributed by atoms with Gasteiger partial charge >= 0.3 is 0 Å². The van der Waals surface area contributed by atoms with E-state index < -0.39 is 0 Å². The molecule has 3 nitrogen and oxygen atoms in total. The third kappa shape index (κ3) is 8.58. The van der Waals surface area contributed by atoms with Gasteiger partial charge in [-0.2, -0.15) is 0 Å². The number of likely N-dealkylation sites (N-methyl/N-ethyl adjacent to an activating group) is 2. The van der Waals surface area contributed by atoms with Crippen LogP contribution >= 0.6 is 0 Å². The lowest BCUT2D eigenvalue weighted by molar-refractivity contribution is 0.177. The van der Waals surface area contributed by atoms with E-state index in [1.807, 2.05) is 0 Å². The average Bonchev–Trinajstić information content (AvgIpc) is 2.23. The predicted octanol–water partition coefficient (Wildman–Crippen LogP) is 2.04. The van der Waals surface area contributed by atoms with E-state index in [-0.39, 0.29) is 0 Å². The Labute approximate surface area is 109 Å². The van der Waals surface area contributed by atoms with Gasteiger partial charge in [0.2, 0.25) is 0 Å². The summed E-state index contributed by atoms with van der Waals surface area (Å²) in [7, 11) is 4.30. The summed E-state index contributed by atoms with van der Waals surface area (Å²) in [6.07, 6.45) is 2.57. The van der Waals surface area contributed by atoms with E-state index in [4.69, 9.17) is 0 Å². The maximum Gasteiger partial charge on any atom is 0.0194 e. The summed E-state index contributed by atoms with van der Waals surface area (Å²) < 4.78 is 0. The van der Waals surface area contributed by atoms with Crippen LogP contribution in [0.2, 0.25) is 0 Å². The van der Waals surface area contributed by atoms with Crippen LogP contribution in [0.15, 0.2) is 0 Å². The molecule has 0 bridgehead atoms. The molecule has 0 aromatic rings. The Hall–Kier alpha value is -0.120. The monoisotopic (exact) mass is 243 g/mol. The lowest BCUT2D eigenvalue weighted by atomic mass is 10.1. The lowest BCUT2D eigenvalue weighted by Gasteiger charge is -2.30. The molecule has 0 amide bonds. The summed E-state index contributed by atoms with van der Waals surface area (Å²) >= 11 is 0. The van der Waals surface area contributed by atoms with Crippen molar-refractivity contribution in [1.29, 1.82) is 0 Å². The number of nitrogens with one attached hydrogen (secondary N) is 1. The maximum atomic E-state index is 3.47. The fourth-order valence-electron chi connectivity index (χ4n) is 2.39. The fraction of sp³-hybridized carbons (Fsp3) is 1.00. The first-order valence-electron chi connectivity index (χ1n) is 7.13. The highest BCUT2D eigenvalue weighted by atomic mass is 15.2. The van der Waals surface area contributed by atoms with E-state index in [0.29, 0.717) is 12.1 Å². The summed E-state index contributed by atoms with van der Waals surface area (Å²) in [5.41, 5.74) is 0. The minimum atomic E-state index is 0.655. The summed E-state index contributed by atoms with van der Waals surface area (Å²) in [5, 5.41) is 3.47. The first-order chi connectivity index (χ1) is 8.01. The van der Waals surface area contributed by atoms with Gasteiger partial charge in [-0.3, -0.25) is 4.90 Å².